The van der Waals surface area contributed by atoms with Crippen LogP contribution in [0.3, 0.4) is 0 Å². The first-order valence-corrected chi connectivity index (χ1v) is 18.2. The molecule has 2 atom stereocenters. The highest BCUT2D eigenvalue weighted by Gasteiger charge is 2.32. The van der Waals surface area contributed by atoms with Gasteiger partial charge in [0.15, 0.2) is 0 Å². The summed E-state index contributed by atoms with van der Waals surface area (Å²) >= 11 is 0. The van der Waals surface area contributed by atoms with Crippen molar-refractivity contribution < 1.29 is 22.8 Å². The van der Waals surface area contributed by atoms with Crippen molar-refractivity contribution in [3.8, 4) is 11.1 Å². The SMILES string of the molecule is CCC[C@H](CC(=O)NCC(C)(C)C)C1=NC=C(c2ccc(-c3ccc(C4=CN=C([C@H](CCC(F)(F)F)CC(=O)NCC(C)(C)C)C4)cc3)cc2)C1. The molecule has 0 radical (unpaired) electrons. The van der Waals surface area contributed by atoms with Crippen LogP contribution in [0, 0.1) is 22.7 Å². The van der Waals surface area contributed by atoms with Gasteiger partial charge in [0.2, 0.25) is 11.8 Å². The van der Waals surface area contributed by atoms with Gasteiger partial charge in [-0.1, -0.05) is 103 Å². The topological polar surface area (TPSA) is 82.9 Å². The molecule has 0 fully saturated rings. The van der Waals surface area contributed by atoms with Gasteiger partial charge >= 0.3 is 6.18 Å². The summed E-state index contributed by atoms with van der Waals surface area (Å²) in [6.45, 7) is 15.6. The van der Waals surface area contributed by atoms with Crippen molar-refractivity contribution in [2.24, 2.45) is 32.7 Å². The second-order valence-electron chi connectivity index (χ2n) is 16.5. The standard InChI is InChI=1S/C42H55F3N4O2/c1-8-9-32(22-38(50)48-26-40(2,3)4)36-20-34(24-46-36)30-14-10-28(11-15-30)29-12-16-31(17-13-29)35-21-37(47-25-35)33(18-19-42(43,44)45)23-39(51)49-27-41(5,6)7/h10-17,24-25,32-33H,8-9,18-23,26-27H2,1-7H3,(H,48,50)(H,49,51)/t32-,33-/m1/s1. The number of nitrogens with zero attached hydrogens (tertiary/aromatic N) is 2. The number of alkyl halides is 3. The predicted molar refractivity (Wildman–Crippen MR) is 203 cm³/mol. The predicted octanol–water partition coefficient (Wildman–Crippen LogP) is 10.2. The lowest BCUT2D eigenvalue weighted by molar-refractivity contribution is -0.137. The Kier molecular flexibility index (Phi) is 13.3. The molecular formula is C42H55F3N4O2. The van der Waals surface area contributed by atoms with Crippen LogP contribution >= 0.6 is 0 Å². The molecule has 0 unspecified atom stereocenters. The van der Waals surface area contributed by atoms with E-state index in [1.54, 1.807) is 6.20 Å². The van der Waals surface area contributed by atoms with Crippen LogP contribution in [0.1, 0.15) is 111 Å². The molecule has 0 saturated carbocycles. The summed E-state index contributed by atoms with van der Waals surface area (Å²) in [4.78, 5) is 34.6. The van der Waals surface area contributed by atoms with Crippen LogP contribution in [0.25, 0.3) is 22.3 Å². The molecule has 0 saturated heterocycles. The second-order valence-corrected chi connectivity index (χ2v) is 16.5. The Bertz CT molecular complexity index is 1640. The zero-order chi connectivity index (χ0) is 37.4. The lowest BCUT2D eigenvalue weighted by atomic mass is 9.88. The van der Waals surface area contributed by atoms with Gasteiger partial charge < -0.3 is 10.6 Å². The van der Waals surface area contributed by atoms with Gasteiger partial charge in [-0.25, -0.2) is 0 Å². The zero-order valence-corrected chi connectivity index (χ0v) is 31.3. The summed E-state index contributed by atoms with van der Waals surface area (Å²) in [7, 11) is 0. The number of allylic oxidation sites excluding steroid dienone is 2. The van der Waals surface area contributed by atoms with Crippen LogP contribution in [0.15, 0.2) is 70.9 Å². The van der Waals surface area contributed by atoms with E-state index < -0.39 is 18.5 Å². The molecule has 2 aromatic rings. The molecular weight excluding hydrogens is 649 g/mol. The van der Waals surface area contributed by atoms with E-state index in [2.05, 4.69) is 67.6 Å². The largest absolute Gasteiger partial charge is 0.389 e. The molecule has 276 valence electrons. The van der Waals surface area contributed by atoms with E-state index in [1.165, 1.54) is 0 Å². The van der Waals surface area contributed by atoms with Crippen molar-refractivity contribution in [1.29, 1.82) is 0 Å². The average Bonchev–Trinajstić information content (AvgIpc) is 3.75. The zero-order valence-electron chi connectivity index (χ0n) is 31.3. The van der Waals surface area contributed by atoms with Crippen LogP contribution in [0.4, 0.5) is 13.2 Å². The molecule has 0 spiro atoms. The summed E-state index contributed by atoms with van der Waals surface area (Å²) in [6, 6.07) is 16.5. The van der Waals surface area contributed by atoms with Gasteiger partial charge in [0.1, 0.15) is 0 Å². The van der Waals surface area contributed by atoms with Gasteiger partial charge in [-0.05, 0) is 57.1 Å². The molecule has 0 bridgehead atoms. The van der Waals surface area contributed by atoms with Crippen molar-refractivity contribution in [3.63, 3.8) is 0 Å². The number of hydrogen-bond donors (Lipinski definition) is 2. The Labute approximate surface area is 302 Å². The maximum absolute atomic E-state index is 13.1. The van der Waals surface area contributed by atoms with Crippen LogP contribution < -0.4 is 10.6 Å². The molecule has 2 N–H and O–H groups in total. The van der Waals surface area contributed by atoms with Crippen LogP contribution in [-0.4, -0.2) is 42.5 Å². The lowest BCUT2D eigenvalue weighted by Crippen LogP contribution is -2.34. The van der Waals surface area contributed by atoms with Gasteiger partial charge in [0.05, 0.1) is 0 Å². The highest BCUT2D eigenvalue weighted by atomic mass is 19.4. The number of amides is 2. The average molecular weight is 705 g/mol. The Balaban J connectivity index is 1.34. The van der Waals surface area contributed by atoms with E-state index in [1.807, 2.05) is 51.2 Å². The number of nitrogens with one attached hydrogen (secondary N) is 2. The Morgan fingerprint density at radius 3 is 1.37 bits per heavy atom. The maximum Gasteiger partial charge on any atom is 0.389 e. The van der Waals surface area contributed by atoms with E-state index in [-0.39, 0.29) is 41.4 Å². The minimum absolute atomic E-state index is 0.0144. The Hall–Kier alpha value is -4.01. The van der Waals surface area contributed by atoms with Crippen LogP contribution in [-0.2, 0) is 9.59 Å². The smallest absolute Gasteiger partial charge is 0.356 e. The Morgan fingerprint density at radius 2 is 1.02 bits per heavy atom. The quantitative estimate of drug-likeness (QED) is 0.193. The number of aliphatic imine (C=N–C) groups is 2. The van der Waals surface area contributed by atoms with Gasteiger partial charge in [0.25, 0.3) is 0 Å². The number of carbonyl (C=O) groups excluding carboxylic acids is 2. The van der Waals surface area contributed by atoms with E-state index in [0.29, 0.717) is 31.6 Å². The molecule has 4 rings (SSSR count). The van der Waals surface area contributed by atoms with Crippen molar-refractivity contribution in [2.75, 3.05) is 13.1 Å². The number of benzene rings is 2. The van der Waals surface area contributed by atoms with Gasteiger partial charge in [-0.3, -0.25) is 19.6 Å². The fourth-order valence-corrected chi connectivity index (χ4v) is 6.28. The van der Waals surface area contributed by atoms with E-state index >= 15 is 0 Å². The first-order chi connectivity index (χ1) is 23.9. The van der Waals surface area contributed by atoms with Gasteiger partial charge in [0, 0.05) is 80.9 Å². The third-order valence-electron chi connectivity index (χ3n) is 9.21. The van der Waals surface area contributed by atoms with Crippen LogP contribution in [0.2, 0.25) is 0 Å². The van der Waals surface area contributed by atoms with E-state index in [9.17, 15) is 22.8 Å². The minimum atomic E-state index is -4.29. The monoisotopic (exact) mass is 704 g/mol. The first kappa shape index (κ1) is 39.8. The molecule has 2 heterocycles. The van der Waals surface area contributed by atoms with Gasteiger partial charge in [-0.2, -0.15) is 13.2 Å². The van der Waals surface area contributed by atoms with Crippen molar-refractivity contribution >= 4 is 34.4 Å². The van der Waals surface area contributed by atoms with Gasteiger partial charge in [-0.15, -0.1) is 0 Å². The summed E-state index contributed by atoms with van der Waals surface area (Å²) < 4.78 is 39.4. The molecule has 6 nitrogen and oxygen atoms in total. The molecule has 0 aromatic heterocycles. The molecule has 51 heavy (non-hydrogen) atoms. The molecule has 9 heteroatoms. The third-order valence-corrected chi connectivity index (χ3v) is 9.21. The van der Waals surface area contributed by atoms with Crippen molar-refractivity contribution in [2.45, 2.75) is 106 Å². The number of hydrogen-bond acceptors (Lipinski definition) is 4. The summed E-state index contributed by atoms with van der Waals surface area (Å²) in [6.07, 6.45) is 1.76. The van der Waals surface area contributed by atoms with Crippen molar-refractivity contribution in [1.82, 2.24) is 10.6 Å². The van der Waals surface area contributed by atoms with Crippen LogP contribution in [0.5, 0.6) is 0 Å². The summed E-state index contributed by atoms with van der Waals surface area (Å²) in [5.41, 5.74) is 7.86. The number of halogens is 3. The number of rotatable bonds is 15. The fourth-order valence-electron chi connectivity index (χ4n) is 6.28. The summed E-state index contributed by atoms with van der Waals surface area (Å²) in [5.74, 6) is -0.627. The molecule has 2 amide bonds. The fraction of sp³-hybridized carbons (Fsp3) is 0.524. The van der Waals surface area contributed by atoms with E-state index in [0.717, 1.165) is 58.4 Å². The number of carbonyl (C=O) groups is 2. The highest BCUT2D eigenvalue weighted by molar-refractivity contribution is 6.02. The molecule has 0 aliphatic carbocycles. The minimum Gasteiger partial charge on any atom is -0.356 e. The third kappa shape index (κ3) is 12.9. The highest BCUT2D eigenvalue weighted by Crippen LogP contribution is 2.34. The lowest BCUT2D eigenvalue weighted by Gasteiger charge is -2.22. The molecule has 2 aliphatic heterocycles. The first-order valence-electron chi connectivity index (χ1n) is 18.2. The molecule has 2 aromatic carbocycles. The van der Waals surface area contributed by atoms with E-state index in [4.69, 9.17) is 4.99 Å². The molecule has 2 aliphatic rings. The maximum atomic E-state index is 13.1. The van der Waals surface area contributed by atoms with Crippen molar-refractivity contribution in [3.05, 3.63) is 72.1 Å². The Morgan fingerprint density at radius 1 is 0.647 bits per heavy atom. The normalized spacial score (nSPS) is 16.2. The second kappa shape index (κ2) is 17.0. The summed E-state index contributed by atoms with van der Waals surface area (Å²) in [5, 5.41) is 5.95.